The van der Waals surface area contributed by atoms with Gasteiger partial charge in [0.2, 0.25) is 10.0 Å². The second-order valence-corrected chi connectivity index (χ2v) is 7.26. The Hall–Kier alpha value is -0.960. The Balaban J connectivity index is 1.97. The molecule has 0 saturated carbocycles. The molecule has 0 aliphatic carbocycles. The minimum Gasteiger partial charge on any atom is -0.325 e. The number of H-pyrrole nitrogens is 1. The number of nitrogens with one attached hydrogen (secondary N) is 2. The Morgan fingerprint density at radius 1 is 1.43 bits per heavy atom. The summed E-state index contributed by atoms with van der Waals surface area (Å²) in [6.07, 6.45) is 2.06. The van der Waals surface area contributed by atoms with E-state index in [0.717, 1.165) is 32.5 Å². The van der Waals surface area contributed by atoms with E-state index in [2.05, 4.69) is 26.7 Å². The van der Waals surface area contributed by atoms with Crippen LogP contribution in [0.4, 0.5) is 0 Å². The summed E-state index contributed by atoms with van der Waals surface area (Å²) < 4.78 is 27.6. The van der Waals surface area contributed by atoms with Gasteiger partial charge < -0.3 is 10.6 Å². The van der Waals surface area contributed by atoms with E-state index in [9.17, 15) is 8.42 Å². The van der Waals surface area contributed by atoms with Crippen molar-refractivity contribution in [2.45, 2.75) is 38.1 Å². The van der Waals surface area contributed by atoms with Crippen molar-refractivity contribution in [2.75, 3.05) is 26.2 Å². The number of aromatic amines is 1. The molecule has 0 aromatic carbocycles. The zero-order valence-corrected chi connectivity index (χ0v) is 13.5. The van der Waals surface area contributed by atoms with Crippen LogP contribution in [0.1, 0.15) is 31.2 Å². The highest BCUT2D eigenvalue weighted by atomic mass is 32.2. The third kappa shape index (κ3) is 3.82. The van der Waals surface area contributed by atoms with E-state index in [1.807, 2.05) is 0 Å². The van der Waals surface area contributed by atoms with E-state index in [-0.39, 0.29) is 11.4 Å². The van der Waals surface area contributed by atoms with Gasteiger partial charge in [-0.15, -0.1) is 0 Å². The Morgan fingerprint density at radius 3 is 2.67 bits per heavy atom. The van der Waals surface area contributed by atoms with Crippen LogP contribution >= 0.6 is 0 Å². The fourth-order valence-corrected chi connectivity index (χ4v) is 4.26. The van der Waals surface area contributed by atoms with Gasteiger partial charge in [0.1, 0.15) is 4.90 Å². The lowest BCUT2D eigenvalue weighted by Crippen LogP contribution is -2.38. The molecular weight excluding hydrogens is 290 g/mol. The molecule has 4 N–H and O–H groups in total. The molecule has 8 heteroatoms. The van der Waals surface area contributed by atoms with Crippen LogP contribution in [0.2, 0.25) is 0 Å². The first-order valence-electron chi connectivity index (χ1n) is 7.43. The average molecular weight is 315 g/mol. The molecule has 1 aromatic rings. The molecule has 7 nitrogen and oxygen atoms in total. The summed E-state index contributed by atoms with van der Waals surface area (Å²) in [4.78, 5) is 2.59. The van der Waals surface area contributed by atoms with E-state index >= 15 is 0 Å². The second kappa shape index (κ2) is 6.87. The van der Waals surface area contributed by atoms with Gasteiger partial charge in [0, 0.05) is 13.1 Å². The molecule has 1 aromatic heterocycles. The van der Waals surface area contributed by atoms with Crippen molar-refractivity contribution >= 4 is 10.0 Å². The number of hydrogen-bond donors (Lipinski definition) is 3. The largest absolute Gasteiger partial charge is 0.325 e. The van der Waals surface area contributed by atoms with Gasteiger partial charge >= 0.3 is 0 Å². The fourth-order valence-electron chi connectivity index (χ4n) is 2.77. The van der Waals surface area contributed by atoms with Crippen LogP contribution in [0.5, 0.6) is 0 Å². The number of nitrogens with two attached hydrogens (primary N) is 1. The SMILES string of the molecule is CCN1CCC(CNS(=O)(=O)c2c(CN)n[nH]c2C)CC1. The second-order valence-electron chi connectivity index (χ2n) is 5.56. The summed E-state index contributed by atoms with van der Waals surface area (Å²) >= 11 is 0. The molecule has 0 atom stereocenters. The monoisotopic (exact) mass is 315 g/mol. The summed E-state index contributed by atoms with van der Waals surface area (Å²) in [6, 6.07) is 0. The predicted molar refractivity (Wildman–Crippen MR) is 81.2 cm³/mol. The van der Waals surface area contributed by atoms with Gasteiger partial charge in [0.05, 0.1) is 11.4 Å². The minimum atomic E-state index is -3.55. The van der Waals surface area contributed by atoms with Crippen molar-refractivity contribution < 1.29 is 8.42 Å². The molecule has 1 saturated heterocycles. The Labute approximate surface area is 126 Å². The molecule has 120 valence electrons. The number of likely N-dealkylation sites (tertiary alicyclic amines) is 1. The van der Waals surface area contributed by atoms with E-state index in [0.29, 0.717) is 23.9 Å². The van der Waals surface area contributed by atoms with E-state index in [4.69, 9.17) is 5.73 Å². The first-order valence-corrected chi connectivity index (χ1v) is 8.92. The van der Waals surface area contributed by atoms with Gasteiger partial charge in [0.25, 0.3) is 0 Å². The van der Waals surface area contributed by atoms with Crippen molar-refractivity contribution in [1.82, 2.24) is 19.8 Å². The standard InChI is InChI=1S/C13H25N5O2S/c1-3-18-6-4-11(5-7-18)9-15-21(19,20)13-10(2)16-17-12(13)8-14/h11,15H,3-9,14H2,1-2H3,(H,16,17). The molecule has 1 fully saturated rings. The maximum atomic E-state index is 12.4. The first kappa shape index (κ1) is 16.4. The van der Waals surface area contributed by atoms with Crippen LogP contribution in [0.3, 0.4) is 0 Å². The van der Waals surface area contributed by atoms with Crippen molar-refractivity contribution in [2.24, 2.45) is 11.7 Å². The van der Waals surface area contributed by atoms with Crippen LogP contribution in [0.15, 0.2) is 4.90 Å². The van der Waals surface area contributed by atoms with Crippen molar-refractivity contribution in [3.8, 4) is 0 Å². The highest BCUT2D eigenvalue weighted by Gasteiger charge is 2.25. The van der Waals surface area contributed by atoms with E-state index < -0.39 is 10.0 Å². The Bertz CT molecular complexity index is 561. The molecule has 2 rings (SSSR count). The molecule has 21 heavy (non-hydrogen) atoms. The summed E-state index contributed by atoms with van der Waals surface area (Å²) in [6.45, 7) is 7.58. The molecule has 0 spiro atoms. The van der Waals surface area contributed by atoms with Crippen LogP contribution in [-0.2, 0) is 16.6 Å². The number of nitrogens with zero attached hydrogens (tertiary/aromatic N) is 2. The number of piperidine rings is 1. The number of sulfonamides is 1. The van der Waals surface area contributed by atoms with Gasteiger partial charge in [-0.25, -0.2) is 13.1 Å². The van der Waals surface area contributed by atoms with E-state index in [1.165, 1.54) is 0 Å². The quantitative estimate of drug-likeness (QED) is 0.695. The molecule has 2 heterocycles. The Kier molecular flexibility index (Phi) is 5.37. The maximum Gasteiger partial charge on any atom is 0.244 e. The van der Waals surface area contributed by atoms with Crippen LogP contribution in [0.25, 0.3) is 0 Å². The lowest BCUT2D eigenvalue weighted by atomic mass is 9.97. The maximum absolute atomic E-state index is 12.4. The zero-order valence-electron chi connectivity index (χ0n) is 12.7. The summed E-state index contributed by atoms with van der Waals surface area (Å²) in [5.74, 6) is 0.399. The lowest BCUT2D eigenvalue weighted by Gasteiger charge is -2.30. The number of aryl methyl sites for hydroxylation is 1. The molecule has 0 unspecified atom stereocenters. The minimum absolute atomic E-state index is 0.107. The van der Waals surface area contributed by atoms with Crippen LogP contribution in [-0.4, -0.2) is 49.7 Å². The fraction of sp³-hybridized carbons (Fsp3) is 0.769. The summed E-state index contributed by atoms with van der Waals surface area (Å²) in [7, 11) is -3.55. The summed E-state index contributed by atoms with van der Waals surface area (Å²) in [5.41, 5.74) is 6.47. The van der Waals surface area contributed by atoms with Crippen LogP contribution < -0.4 is 10.5 Å². The first-order chi connectivity index (χ1) is 9.97. The van der Waals surface area contributed by atoms with E-state index in [1.54, 1.807) is 6.92 Å². The third-order valence-electron chi connectivity index (χ3n) is 4.14. The highest BCUT2D eigenvalue weighted by Crippen LogP contribution is 2.19. The molecule has 0 amide bonds. The van der Waals surface area contributed by atoms with Gasteiger partial charge in [-0.05, 0) is 45.3 Å². The van der Waals surface area contributed by atoms with Gasteiger partial charge in [0.15, 0.2) is 0 Å². The van der Waals surface area contributed by atoms with Gasteiger partial charge in [-0.1, -0.05) is 6.92 Å². The topological polar surface area (TPSA) is 104 Å². The van der Waals surface area contributed by atoms with Crippen molar-refractivity contribution in [1.29, 1.82) is 0 Å². The normalized spacial score (nSPS) is 18.2. The van der Waals surface area contributed by atoms with Crippen molar-refractivity contribution in [3.63, 3.8) is 0 Å². The van der Waals surface area contributed by atoms with Crippen molar-refractivity contribution in [3.05, 3.63) is 11.4 Å². The lowest BCUT2D eigenvalue weighted by molar-refractivity contribution is 0.193. The highest BCUT2D eigenvalue weighted by molar-refractivity contribution is 7.89. The number of hydrogen-bond acceptors (Lipinski definition) is 5. The smallest absolute Gasteiger partial charge is 0.244 e. The molecule has 1 aliphatic heterocycles. The zero-order chi connectivity index (χ0) is 15.5. The van der Waals surface area contributed by atoms with Gasteiger partial charge in [-0.2, -0.15) is 5.10 Å². The molecular formula is C13H25N5O2S. The molecule has 1 aliphatic rings. The number of rotatable bonds is 6. The Morgan fingerprint density at radius 2 is 2.10 bits per heavy atom. The average Bonchev–Trinajstić information content (AvgIpc) is 2.87. The molecule has 0 bridgehead atoms. The van der Waals surface area contributed by atoms with Crippen LogP contribution in [0, 0.1) is 12.8 Å². The predicted octanol–water partition coefficient (Wildman–Crippen LogP) is 0.187. The molecule has 0 radical (unpaired) electrons. The number of aromatic nitrogens is 2. The van der Waals surface area contributed by atoms with Gasteiger partial charge in [-0.3, -0.25) is 5.10 Å². The third-order valence-corrected chi connectivity index (χ3v) is 5.77. The summed E-state index contributed by atoms with van der Waals surface area (Å²) in [5, 5.41) is 6.63.